The van der Waals surface area contributed by atoms with Gasteiger partial charge in [-0.2, -0.15) is 0 Å². The highest BCUT2D eigenvalue weighted by molar-refractivity contribution is 7.14. The van der Waals surface area contributed by atoms with Crippen LogP contribution in [0.3, 0.4) is 0 Å². The molecule has 1 N–H and O–H groups in total. The molecule has 0 spiro atoms. The molecule has 7 nitrogen and oxygen atoms in total. The minimum atomic E-state index is -0.924. The maximum atomic E-state index is 13.8. The van der Waals surface area contributed by atoms with Crippen molar-refractivity contribution in [3.8, 4) is 28.3 Å². The van der Waals surface area contributed by atoms with Crippen LogP contribution in [0.2, 0.25) is 5.02 Å². The topological polar surface area (TPSA) is 92.6 Å². The summed E-state index contributed by atoms with van der Waals surface area (Å²) in [6, 6.07) is 9.78. The number of hydrogen-bond donors (Lipinski definition) is 1. The fourth-order valence-corrected chi connectivity index (χ4v) is 6.41. The molecule has 2 aromatic heterocycles. The van der Waals surface area contributed by atoms with Crippen molar-refractivity contribution >= 4 is 39.9 Å². The Kier molecular flexibility index (Phi) is 7.76. The Balaban J connectivity index is 1.44. The highest BCUT2D eigenvalue weighted by atomic mass is 35.5. The monoisotopic (exact) mass is 539 g/mol. The number of aliphatic carboxylic acids is 1. The average molecular weight is 540 g/mol. The van der Waals surface area contributed by atoms with E-state index in [9.17, 15) is 14.7 Å². The van der Waals surface area contributed by atoms with Crippen LogP contribution in [0.4, 0.5) is 5.13 Å². The van der Waals surface area contributed by atoms with Crippen molar-refractivity contribution in [2.75, 3.05) is 12.0 Å². The number of thiazole rings is 1. The number of pyridine rings is 1. The predicted octanol–water partition coefficient (Wildman–Crippen LogP) is 6.70. The summed E-state index contributed by atoms with van der Waals surface area (Å²) in [7, 11) is 1.53. The highest BCUT2D eigenvalue weighted by Gasteiger charge is 2.40. The lowest BCUT2D eigenvalue weighted by Crippen LogP contribution is -2.39. The van der Waals surface area contributed by atoms with Gasteiger partial charge in [0.1, 0.15) is 5.02 Å². The van der Waals surface area contributed by atoms with Crippen LogP contribution in [0.1, 0.15) is 51.4 Å². The second-order valence-corrected chi connectivity index (χ2v) is 11.1. The summed E-state index contributed by atoms with van der Waals surface area (Å²) in [6.07, 6.45) is 8.53. The quantitative estimate of drug-likeness (QED) is 0.308. The van der Waals surface area contributed by atoms with Gasteiger partial charge in [-0.1, -0.05) is 61.5 Å². The standard InChI is InChI=1S/C28H30ClN3O4S/c1-36-26-23(29)13-19(15-30-26)21-8-4-5-9-22(21)24-16-37-28(31-24)32(20-10-11-20)27(35)18(14-25(33)34)12-17-6-2-3-7-17/h4-5,8-9,13,15-18,20H,2-3,6-7,10-12,14H2,1H3,(H,33,34). The Hall–Kier alpha value is -2.97. The van der Waals surface area contributed by atoms with E-state index >= 15 is 0 Å². The van der Waals surface area contributed by atoms with Gasteiger partial charge in [0.2, 0.25) is 11.8 Å². The van der Waals surface area contributed by atoms with E-state index in [0.29, 0.717) is 28.4 Å². The Bertz CT molecular complexity index is 1290. The van der Waals surface area contributed by atoms with E-state index in [1.54, 1.807) is 11.1 Å². The van der Waals surface area contributed by atoms with Crippen LogP contribution < -0.4 is 9.64 Å². The zero-order valence-electron chi connectivity index (χ0n) is 20.7. The number of rotatable bonds is 10. The van der Waals surface area contributed by atoms with Crippen LogP contribution in [0.15, 0.2) is 41.9 Å². The molecule has 2 aliphatic carbocycles. The van der Waals surface area contributed by atoms with Gasteiger partial charge in [0.05, 0.1) is 19.2 Å². The smallest absolute Gasteiger partial charge is 0.304 e. The normalized spacial score (nSPS) is 16.5. The molecule has 2 saturated carbocycles. The number of carbonyl (C=O) groups is 2. The van der Waals surface area contributed by atoms with Crippen molar-refractivity contribution < 1.29 is 19.4 Å². The average Bonchev–Trinajstić information content (AvgIpc) is 3.36. The maximum absolute atomic E-state index is 13.8. The molecule has 1 aromatic carbocycles. The van der Waals surface area contributed by atoms with Crippen LogP contribution in [0.25, 0.3) is 22.4 Å². The summed E-state index contributed by atoms with van der Waals surface area (Å²) in [6.45, 7) is 0. The van der Waals surface area contributed by atoms with Crippen molar-refractivity contribution in [1.82, 2.24) is 9.97 Å². The van der Waals surface area contributed by atoms with Crippen molar-refractivity contribution in [3.63, 3.8) is 0 Å². The van der Waals surface area contributed by atoms with Gasteiger partial charge in [-0.25, -0.2) is 9.97 Å². The Labute approximate surface area is 225 Å². The zero-order valence-corrected chi connectivity index (χ0v) is 22.3. The first-order valence-corrected chi connectivity index (χ1v) is 14.0. The Morgan fingerprint density at radius 3 is 2.57 bits per heavy atom. The molecule has 5 rings (SSSR count). The third-order valence-electron chi connectivity index (χ3n) is 7.23. The molecule has 194 valence electrons. The maximum Gasteiger partial charge on any atom is 0.304 e. The molecule has 1 amide bonds. The summed E-state index contributed by atoms with van der Waals surface area (Å²) >= 11 is 7.77. The minimum Gasteiger partial charge on any atom is -0.481 e. The number of halogens is 1. The third-order valence-corrected chi connectivity index (χ3v) is 8.34. The Morgan fingerprint density at radius 2 is 1.92 bits per heavy atom. The first kappa shape index (κ1) is 25.7. The molecule has 2 heterocycles. The van der Waals surface area contributed by atoms with Gasteiger partial charge in [-0.15, -0.1) is 11.3 Å². The number of nitrogens with zero attached hydrogens (tertiary/aromatic N) is 3. The number of amides is 1. The summed E-state index contributed by atoms with van der Waals surface area (Å²) in [5.74, 6) is -0.748. The molecule has 2 fully saturated rings. The van der Waals surface area contributed by atoms with E-state index in [-0.39, 0.29) is 18.4 Å². The van der Waals surface area contributed by atoms with Crippen LogP contribution in [0, 0.1) is 11.8 Å². The molecule has 0 saturated heterocycles. The van der Waals surface area contributed by atoms with E-state index in [0.717, 1.165) is 60.9 Å². The van der Waals surface area contributed by atoms with Crippen molar-refractivity contribution in [2.24, 2.45) is 11.8 Å². The molecule has 2 aliphatic rings. The van der Waals surface area contributed by atoms with Crippen molar-refractivity contribution in [3.05, 3.63) is 46.9 Å². The molecular formula is C28H30ClN3O4S. The number of carbonyl (C=O) groups excluding carboxylic acids is 1. The largest absolute Gasteiger partial charge is 0.481 e. The summed E-state index contributed by atoms with van der Waals surface area (Å²) in [4.78, 5) is 36.4. The summed E-state index contributed by atoms with van der Waals surface area (Å²) in [5.41, 5.74) is 3.42. The number of aromatic nitrogens is 2. The summed E-state index contributed by atoms with van der Waals surface area (Å²) in [5, 5.41) is 12.6. The molecule has 9 heteroatoms. The van der Waals surface area contributed by atoms with Crippen LogP contribution in [0.5, 0.6) is 5.88 Å². The second kappa shape index (κ2) is 11.2. The number of hydrogen-bond acceptors (Lipinski definition) is 6. The van der Waals surface area contributed by atoms with E-state index in [1.807, 2.05) is 35.7 Å². The molecule has 0 bridgehead atoms. The van der Waals surface area contributed by atoms with Crippen molar-refractivity contribution in [2.45, 2.75) is 57.4 Å². The van der Waals surface area contributed by atoms with E-state index < -0.39 is 11.9 Å². The Morgan fingerprint density at radius 1 is 1.19 bits per heavy atom. The van der Waals surface area contributed by atoms with Crippen LogP contribution >= 0.6 is 22.9 Å². The second-order valence-electron chi connectivity index (χ2n) is 9.90. The first-order valence-electron chi connectivity index (χ1n) is 12.7. The SMILES string of the molecule is COc1ncc(-c2ccccc2-c2csc(N(C(=O)C(CC(=O)O)CC3CCCC3)C3CC3)n2)cc1Cl. The van der Waals surface area contributed by atoms with E-state index in [2.05, 4.69) is 4.98 Å². The molecule has 3 aromatic rings. The van der Waals surface area contributed by atoms with Crippen LogP contribution in [-0.4, -0.2) is 40.1 Å². The van der Waals surface area contributed by atoms with E-state index in [4.69, 9.17) is 21.3 Å². The lowest BCUT2D eigenvalue weighted by molar-refractivity contribution is -0.141. The number of carboxylic acid groups (broad SMARTS) is 1. The number of benzene rings is 1. The summed E-state index contributed by atoms with van der Waals surface area (Å²) < 4.78 is 5.19. The van der Waals surface area contributed by atoms with Gasteiger partial charge in [0.25, 0.3) is 0 Å². The molecule has 1 unspecified atom stereocenters. The third kappa shape index (κ3) is 5.80. The lowest BCUT2D eigenvalue weighted by Gasteiger charge is -2.26. The van der Waals surface area contributed by atoms with Crippen molar-refractivity contribution in [1.29, 1.82) is 0 Å². The predicted molar refractivity (Wildman–Crippen MR) is 145 cm³/mol. The molecular weight excluding hydrogens is 510 g/mol. The number of carboxylic acids is 1. The van der Waals surface area contributed by atoms with Gasteiger partial charge >= 0.3 is 5.97 Å². The zero-order chi connectivity index (χ0) is 25.9. The molecule has 37 heavy (non-hydrogen) atoms. The molecule has 1 atom stereocenters. The minimum absolute atomic E-state index is 0.0891. The fraction of sp³-hybridized carbons (Fsp3) is 0.429. The van der Waals surface area contributed by atoms with Gasteiger partial charge in [0.15, 0.2) is 5.13 Å². The fourth-order valence-electron chi connectivity index (χ4n) is 5.27. The number of methoxy groups -OCH3 is 1. The van der Waals surface area contributed by atoms with Gasteiger partial charge in [0, 0.05) is 34.7 Å². The molecule has 0 aliphatic heterocycles. The van der Waals surface area contributed by atoms with Gasteiger partial charge in [-0.05, 0) is 36.8 Å². The van der Waals surface area contributed by atoms with Crippen LogP contribution in [-0.2, 0) is 9.59 Å². The highest BCUT2D eigenvalue weighted by Crippen LogP contribution is 2.41. The van der Waals surface area contributed by atoms with E-state index in [1.165, 1.54) is 18.4 Å². The lowest BCUT2D eigenvalue weighted by atomic mass is 9.90. The molecule has 0 radical (unpaired) electrons. The van der Waals surface area contributed by atoms with Gasteiger partial charge in [-0.3, -0.25) is 14.5 Å². The first-order chi connectivity index (χ1) is 17.9. The number of ether oxygens (including phenoxy) is 1. The van der Waals surface area contributed by atoms with Gasteiger partial charge < -0.3 is 9.84 Å². The number of anilines is 1.